The van der Waals surface area contributed by atoms with Crippen molar-refractivity contribution in [1.29, 1.82) is 0 Å². The second-order valence-electron chi connectivity index (χ2n) is 6.43. The van der Waals surface area contributed by atoms with Crippen molar-refractivity contribution in [1.82, 2.24) is 9.13 Å². The van der Waals surface area contributed by atoms with E-state index in [0.717, 1.165) is 20.4 Å². The van der Waals surface area contributed by atoms with Crippen molar-refractivity contribution in [2.75, 3.05) is 0 Å². The minimum atomic E-state index is -0.966. The molecular weight excluding hydrogens is 424 g/mol. The summed E-state index contributed by atoms with van der Waals surface area (Å²) in [6, 6.07) is 10.0. The summed E-state index contributed by atoms with van der Waals surface area (Å²) in [6.45, 7) is 5.33. The summed E-state index contributed by atoms with van der Waals surface area (Å²) in [5, 5.41) is 27.4. The van der Waals surface area contributed by atoms with E-state index < -0.39 is 11.9 Å². The van der Waals surface area contributed by atoms with Gasteiger partial charge in [0.15, 0.2) is 0 Å². The lowest BCUT2D eigenvalue weighted by Gasteiger charge is -2.00. The van der Waals surface area contributed by atoms with E-state index in [1.54, 1.807) is 36.4 Å². The number of nitrogens with zero attached hydrogens (tertiary/aromatic N) is 4. The number of carboxylic acids is 2. The van der Waals surface area contributed by atoms with E-state index in [-0.39, 0.29) is 11.1 Å². The lowest BCUT2D eigenvalue weighted by molar-refractivity contribution is 0.0686. The Morgan fingerprint density at radius 2 is 1.20 bits per heavy atom. The summed E-state index contributed by atoms with van der Waals surface area (Å²) in [5.41, 5.74) is 2.29. The molecule has 2 heterocycles. The third-order valence-electron chi connectivity index (χ3n) is 4.71. The van der Waals surface area contributed by atoms with Gasteiger partial charge in [0.2, 0.25) is 9.60 Å². The largest absolute Gasteiger partial charge is 0.478 e. The molecule has 154 valence electrons. The number of hydrogen-bond acceptors (Lipinski definition) is 6. The average Bonchev–Trinajstić information content (AvgIpc) is 3.27. The number of benzene rings is 2. The van der Waals surface area contributed by atoms with E-state index in [1.165, 1.54) is 22.7 Å². The molecule has 0 aliphatic heterocycles. The van der Waals surface area contributed by atoms with Gasteiger partial charge in [-0.25, -0.2) is 9.59 Å². The van der Waals surface area contributed by atoms with E-state index in [2.05, 4.69) is 10.2 Å². The Morgan fingerprint density at radius 3 is 1.53 bits per heavy atom. The summed E-state index contributed by atoms with van der Waals surface area (Å²) in [4.78, 5) is 23.8. The fraction of sp³-hybridized carbons (Fsp3) is 0.200. The van der Waals surface area contributed by atoms with Crippen molar-refractivity contribution < 1.29 is 19.8 Å². The van der Waals surface area contributed by atoms with Gasteiger partial charge in [0.25, 0.3) is 0 Å². The first-order chi connectivity index (χ1) is 14.4. The molecule has 30 heavy (non-hydrogen) atoms. The first-order valence-electron chi connectivity index (χ1n) is 9.24. The van der Waals surface area contributed by atoms with Crippen LogP contribution in [-0.4, -0.2) is 31.3 Å². The highest BCUT2D eigenvalue weighted by Gasteiger charge is 2.11. The smallest absolute Gasteiger partial charge is 0.335 e. The Bertz CT molecular complexity index is 1330. The van der Waals surface area contributed by atoms with Crippen LogP contribution in [0.25, 0.3) is 20.4 Å². The van der Waals surface area contributed by atoms with Gasteiger partial charge in [0, 0.05) is 13.1 Å². The highest BCUT2D eigenvalue weighted by Crippen LogP contribution is 2.21. The Morgan fingerprint density at radius 1 is 0.800 bits per heavy atom. The molecule has 0 saturated carbocycles. The molecule has 0 fully saturated rings. The molecular formula is C20H18N4O4S2. The van der Waals surface area contributed by atoms with Crippen LogP contribution in [0.1, 0.15) is 34.6 Å². The van der Waals surface area contributed by atoms with Crippen LogP contribution < -0.4 is 9.60 Å². The van der Waals surface area contributed by atoms with E-state index in [1.807, 2.05) is 23.0 Å². The maximum Gasteiger partial charge on any atom is 0.335 e. The number of carbonyl (C=O) groups is 2. The molecule has 0 atom stereocenters. The number of rotatable bonds is 5. The summed E-state index contributed by atoms with van der Waals surface area (Å²) in [7, 11) is 0. The van der Waals surface area contributed by atoms with Crippen LogP contribution in [0.2, 0.25) is 0 Å². The predicted octanol–water partition coefficient (Wildman–Crippen LogP) is 3.57. The van der Waals surface area contributed by atoms with Crippen molar-refractivity contribution >= 4 is 55.0 Å². The van der Waals surface area contributed by atoms with Gasteiger partial charge in [0.05, 0.1) is 31.6 Å². The first kappa shape index (κ1) is 20.0. The van der Waals surface area contributed by atoms with E-state index in [0.29, 0.717) is 22.7 Å². The predicted molar refractivity (Wildman–Crippen MR) is 116 cm³/mol. The number of aromatic carboxylic acids is 2. The van der Waals surface area contributed by atoms with Crippen LogP contribution in [0.15, 0.2) is 46.6 Å². The lowest BCUT2D eigenvalue weighted by atomic mass is 10.2. The Labute approximate surface area is 178 Å². The molecule has 0 radical (unpaired) electrons. The molecule has 2 aromatic heterocycles. The normalized spacial score (nSPS) is 12.9. The maximum absolute atomic E-state index is 11.3. The van der Waals surface area contributed by atoms with Gasteiger partial charge in [-0.3, -0.25) is 0 Å². The lowest BCUT2D eigenvalue weighted by Crippen LogP contribution is -2.16. The second-order valence-corrected chi connectivity index (χ2v) is 8.45. The fourth-order valence-corrected chi connectivity index (χ4v) is 5.43. The van der Waals surface area contributed by atoms with Gasteiger partial charge in [-0.15, -0.1) is 10.2 Å². The van der Waals surface area contributed by atoms with Crippen LogP contribution >= 0.6 is 22.7 Å². The summed E-state index contributed by atoms with van der Waals surface area (Å²) >= 11 is 2.77. The van der Waals surface area contributed by atoms with Crippen molar-refractivity contribution in [3.63, 3.8) is 0 Å². The molecule has 0 bridgehead atoms. The standard InChI is InChI=1S/C20H18N4O4S2/c1-3-23-13-7-5-11(17(25)26)9-15(13)29-19(23)21-22-20-24(4-2)14-8-6-12(18(27)28)10-16(14)30-20/h5-10H,3-4H2,1-2H3,(H,25,26)(H,27,28). The van der Waals surface area contributed by atoms with Crippen molar-refractivity contribution in [3.05, 3.63) is 57.1 Å². The van der Waals surface area contributed by atoms with Crippen LogP contribution in [0.4, 0.5) is 0 Å². The summed E-state index contributed by atoms with van der Waals surface area (Å²) < 4.78 is 5.63. The number of aromatic nitrogens is 2. The second kappa shape index (κ2) is 7.88. The molecule has 2 N–H and O–H groups in total. The van der Waals surface area contributed by atoms with E-state index in [9.17, 15) is 19.8 Å². The Balaban J connectivity index is 1.91. The molecule has 0 unspecified atom stereocenters. The van der Waals surface area contributed by atoms with Crippen molar-refractivity contribution in [2.24, 2.45) is 10.2 Å². The highest BCUT2D eigenvalue weighted by atomic mass is 32.1. The summed E-state index contributed by atoms with van der Waals surface area (Å²) in [5.74, 6) is -1.93. The highest BCUT2D eigenvalue weighted by molar-refractivity contribution is 7.16. The fourth-order valence-electron chi connectivity index (χ4n) is 3.26. The minimum absolute atomic E-state index is 0.234. The molecule has 4 aromatic rings. The quantitative estimate of drug-likeness (QED) is 0.461. The molecule has 0 aliphatic rings. The molecule has 2 aromatic carbocycles. The zero-order valence-electron chi connectivity index (χ0n) is 16.2. The zero-order chi connectivity index (χ0) is 21.4. The van der Waals surface area contributed by atoms with Crippen molar-refractivity contribution in [3.8, 4) is 0 Å². The maximum atomic E-state index is 11.3. The van der Waals surface area contributed by atoms with Crippen LogP contribution in [0, 0.1) is 0 Å². The number of aryl methyl sites for hydroxylation is 2. The SMILES string of the molecule is CCn1c(=NN=c2sc3cc(C(=O)O)ccc3n2CC)sc2cc(C(=O)O)ccc21. The molecule has 4 rings (SSSR count). The van der Waals surface area contributed by atoms with E-state index >= 15 is 0 Å². The third-order valence-corrected chi connectivity index (χ3v) is 6.78. The first-order valence-corrected chi connectivity index (χ1v) is 10.9. The van der Waals surface area contributed by atoms with Gasteiger partial charge in [0.1, 0.15) is 0 Å². The number of fused-ring (bicyclic) bond motifs is 2. The van der Waals surface area contributed by atoms with Gasteiger partial charge in [-0.2, -0.15) is 0 Å². The Kier molecular flexibility index (Phi) is 5.27. The number of carboxylic acid groups (broad SMARTS) is 2. The molecule has 10 heteroatoms. The Hall–Kier alpha value is -3.24. The zero-order valence-corrected chi connectivity index (χ0v) is 17.8. The average molecular weight is 443 g/mol. The van der Waals surface area contributed by atoms with Gasteiger partial charge >= 0.3 is 11.9 Å². The molecule has 0 amide bonds. The van der Waals surface area contributed by atoms with Gasteiger partial charge < -0.3 is 19.3 Å². The van der Waals surface area contributed by atoms with E-state index in [4.69, 9.17) is 0 Å². The molecule has 0 aliphatic carbocycles. The van der Waals surface area contributed by atoms with Gasteiger partial charge in [-0.05, 0) is 50.2 Å². The number of thiazole rings is 2. The monoisotopic (exact) mass is 442 g/mol. The topological polar surface area (TPSA) is 109 Å². The van der Waals surface area contributed by atoms with Gasteiger partial charge in [-0.1, -0.05) is 22.7 Å². The number of hydrogen-bond donors (Lipinski definition) is 2. The van der Waals surface area contributed by atoms with Crippen LogP contribution in [-0.2, 0) is 13.1 Å². The van der Waals surface area contributed by atoms with Crippen LogP contribution in [0.3, 0.4) is 0 Å². The van der Waals surface area contributed by atoms with Crippen molar-refractivity contribution in [2.45, 2.75) is 26.9 Å². The summed E-state index contributed by atoms with van der Waals surface area (Å²) in [6.07, 6.45) is 0. The minimum Gasteiger partial charge on any atom is -0.478 e. The molecule has 0 saturated heterocycles. The van der Waals surface area contributed by atoms with Crippen LogP contribution in [0.5, 0.6) is 0 Å². The molecule has 8 nitrogen and oxygen atoms in total. The third kappa shape index (κ3) is 3.44. The molecule has 0 spiro atoms.